The van der Waals surface area contributed by atoms with Crippen molar-refractivity contribution in [2.75, 3.05) is 20.2 Å². The zero-order valence-electron chi connectivity index (χ0n) is 7.52. The molecule has 3 nitrogen and oxygen atoms in total. The summed E-state index contributed by atoms with van der Waals surface area (Å²) in [5.41, 5.74) is 0. The van der Waals surface area contributed by atoms with Crippen molar-refractivity contribution in [3.05, 3.63) is 12.7 Å². The Balaban J connectivity index is -0.000000320. The average molecular weight is 153 g/mol. The zero-order valence-corrected chi connectivity index (χ0v) is 8.52. The Morgan fingerprint density at radius 3 is 2.90 bits per heavy atom. The first-order valence-electron chi connectivity index (χ1n) is 2.72. The Hall–Kier alpha value is 0.170. The van der Waals surface area contributed by atoms with Crippen LogP contribution in [0.5, 0.6) is 0 Å². The molecule has 0 rings (SSSR count). The molecule has 0 aromatic carbocycles. The number of carbonyl (C=O) groups is 1. The summed E-state index contributed by atoms with van der Waals surface area (Å²) in [5.74, 6) is -0.252. The summed E-state index contributed by atoms with van der Waals surface area (Å²) in [4.78, 5) is 10.5. The normalized spacial score (nSPS) is 7.70. The van der Waals surface area contributed by atoms with Gasteiger partial charge >= 0.3 is 35.5 Å². The summed E-state index contributed by atoms with van der Waals surface area (Å²) in [5, 5.41) is 2.67. The van der Waals surface area contributed by atoms with Crippen LogP contribution < -0.4 is 34.9 Å². The summed E-state index contributed by atoms with van der Waals surface area (Å²) in [6, 6.07) is 0. The number of hydrogen-bond acceptors (Lipinski definition) is 3. The van der Waals surface area contributed by atoms with Gasteiger partial charge < -0.3 is 11.5 Å². The van der Waals surface area contributed by atoms with Gasteiger partial charge in [0.05, 0.1) is 6.54 Å². The molecule has 54 valence electrons. The molecule has 0 amide bonds. The van der Waals surface area contributed by atoms with Crippen LogP contribution in [0.1, 0.15) is 1.43 Å². The molecule has 0 atom stereocenters. The molecule has 0 unspecified atom stereocenters. The maximum absolute atomic E-state index is 10.5. The summed E-state index contributed by atoms with van der Waals surface area (Å²) in [7, 11) is 1.69. The van der Waals surface area contributed by atoms with Gasteiger partial charge in [0.25, 0.3) is 0 Å². The second-order valence-corrected chi connectivity index (χ2v) is 1.50. The fourth-order valence-electron chi connectivity index (χ4n) is 0.347. The molecule has 0 saturated carbocycles. The van der Waals surface area contributed by atoms with Crippen LogP contribution in [-0.2, 0) is 9.53 Å². The van der Waals surface area contributed by atoms with Crippen LogP contribution in [0.3, 0.4) is 0 Å². The monoisotopic (exact) mass is 153 g/mol. The van der Waals surface area contributed by atoms with E-state index in [1.807, 2.05) is 0 Å². The van der Waals surface area contributed by atoms with E-state index >= 15 is 0 Å². The molecule has 0 heterocycles. The predicted octanol–water partition coefficient (Wildman–Crippen LogP) is -2.95. The van der Waals surface area contributed by atoms with Crippen LogP contribution in [0, 0.1) is 0 Å². The van der Waals surface area contributed by atoms with Gasteiger partial charge in [-0.2, -0.15) is 0 Å². The minimum atomic E-state index is -0.252. The Morgan fingerprint density at radius 1 is 1.90 bits per heavy atom. The van der Waals surface area contributed by atoms with Gasteiger partial charge in [0.1, 0.15) is 6.61 Å². The van der Waals surface area contributed by atoms with Gasteiger partial charge in [0.15, 0.2) is 0 Å². The second-order valence-electron chi connectivity index (χ2n) is 1.50. The van der Waals surface area contributed by atoms with E-state index in [-0.39, 0.29) is 43.5 Å². The molecule has 0 aliphatic heterocycles. The third-order valence-corrected chi connectivity index (χ3v) is 0.683. The molecule has 0 spiro atoms. The van der Waals surface area contributed by atoms with E-state index in [0.717, 1.165) is 0 Å². The van der Waals surface area contributed by atoms with Gasteiger partial charge in [-0.15, -0.1) is 0 Å². The van der Waals surface area contributed by atoms with E-state index < -0.39 is 0 Å². The minimum absolute atomic E-state index is 0. The van der Waals surface area contributed by atoms with Crippen molar-refractivity contribution in [3.8, 4) is 0 Å². The largest absolute Gasteiger partial charge is 1.00 e. The molecule has 0 aromatic rings. The van der Waals surface area contributed by atoms with Gasteiger partial charge in [0.2, 0.25) is 0 Å². The molecule has 10 heavy (non-hydrogen) atoms. The van der Waals surface area contributed by atoms with Crippen LogP contribution in [0.4, 0.5) is 0 Å². The van der Waals surface area contributed by atoms with E-state index in [1.165, 1.54) is 6.08 Å². The number of carbonyl (C=O) groups excluding carboxylic acids is 1. The van der Waals surface area contributed by atoms with Crippen LogP contribution in [-0.4, -0.2) is 26.2 Å². The molecule has 4 heteroatoms. The van der Waals surface area contributed by atoms with Gasteiger partial charge in [0, 0.05) is 0 Å². The fourth-order valence-corrected chi connectivity index (χ4v) is 0.347. The Kier molecular flexibility index (Phi) is 11.7. The third kappa shape index (κ3) is 8.17. The van der Waals surface area contributed by atoms with Crippen LogP contribution in [0.15, 0.2) is 12.7 Å². The average Bonchev–Trinajstić information content (AvgIpc) is 1.85. The molecule has 0 bridgehead atoms. The first-order valence-corrected chi connectivity index (χ1v) is 2.72. The maximum atomic E-state index is 10.5. The van der Waals surface area contributed by atoms with E-state index in [9.17, 15) is 4.79 Å². The number of rotatable bonds is 4. The van der Waals surface area contributed by atoms with Crippen molar-refractivity contribution in [3.63, 3.8) is 0 Å². The summed E-state index contributed by atoms with van der Waals surface area (Å²) < 4.78 is 4.61. The molecule has 0 saturated heterocycles. The molecule has 1 N–H and O–H groups in total. The third-order valence-electron chi connectivity index (χ3n) is 0.683. The quantitative estimate of drug-likeness (QED) is 0.267. The van der Waals surface area contributed by atoms with E-state index in [1.54, 1.807) is 7.05 Å². The van der Waals surface area contributed by atoms with E-state index in [4.69, 9.17) is 0 Å². The molecule has 0 fully saturated rings. The van der Waals surface area contributed by atoms with Gasteiger partial charge in [-0.05, 0) is 7.05 Å². The molecule has 0 aromatic heterocycles. The van der Waals surface area contributed by atoms with Crippen molar-refractivity contribution >= 4 is 5.97 Å². The molecular weight excluding hydrogens is 141 g/mol. The van der Waals surface area contributed by atoms with Gasteiger partial charge in [-0.25, -0.2) is 0 Å². The van der Waals surface area contributed by atoms with Crippen LogP contribution >= 0.6 is 0 Å². The van der Waals surface area contributed by atoms with Crippen molar-refractivity contribution in [1.82, 2.24) is 5.32 Å². The van der Waals surface area contributed by atoms with Gasteiger partial charge in [-0.3, -0.25) is 4.79 Å². The first kappa shape index (κ1) is 12.8. The number of hydrogen-bond donors (Lipinski definition) is 1. The second kappa shape index (κ2) is 9.17. The zero-order chi connectivity index (χ0) is 7.11. The predicted molar refractivity (Wildman–Crippen MR) is 36.2 cm³/mol. The minimum Gasteiger partial charge on any atom is -1.00 e. The fraction of sp³-hybridized carbons (Fsp3) is 0.500. The SMILES string of the molecule is C=CCOC(=O)CNC.[H-].[Na+]. The molecule has 0 radical (unpaired) electrons. The number of nitrogens with one attached hydrogen (secondary N) is 1. The van der Waals surface area contributed by atoms with Crippen molar-refractivity contribution in [2.24, 2.45) is 0 Å². The number of likely N-dealkylation sites (N-methyl/N-ethyl adjacent to an activating group) is 1. The summed E-state index contributed by atoms with van der Waals surface area (Å²) >= 11 is 0. The number of ether oxygens (including phenoxy) is 1. The standard InChI is InChI=1S/C6H11NO2.Na.H/c1-3-4-9-6(8)5-7-2;;/h3,7H,1,4-5H2,2H3;;/q;+1;-1. The smallest absolute Gasteiger partial charge is 1.00 e. The van der Waals surface area contributed by atoms with Crippen molar-refractivity contribution in [1.29, 1.82) is 0 Å². The van der Waals surface area contributed by atoms with E-state index in [0.29, 0.717) is 6.61 Å². The maximum Gasteiger partial charge on any atom is 1.00 e. The Labute approximate surface area is 84.6 Å². The Morgan fingerprint density at radius 2 is 2.50 bits per heavy atom. The van der Waals surface area contributed by atoms with Crippen LogP contribution in [0.25, 0.3) is 0 Å². The number of esters is 1. The molecule has 0 aliphatic carbocycles. The molecule has 0 aliphatic rings. The van der Waals surface area contributed by atoms with Crippen molar-refractivity contribution < 1.29 is 40.5 Å². The van der Waals surface area contributed by atoms with Crippen molar-refractivity contribution in [2.45, 2.75) is 0 Å². The van der Waals surface area contributed by atoms with Crippen LogP contribution in [0.2, 0.25) is 0 Å². The topological polar surface area (TPSA) is 38.3 Å². The Bertz CT molecular complexity index is 111. The summed E-state index contributed by atoms with van der Waals surface area (Å²) in [6.45, 7) is 3.95. The van der Waals surface area contributed by atoms with E-state index in [2.05, 4.69) is 16.6 Å². The van der Waals surface area contributed by atoms with Gasteiger partial charge in [-0.1, -0.05) is 12.7 Å². The summed E-state index contributed by atoms with van der Waals surface area (Å²) in [6.07, 6.45) is 1.54. The molecular formula is C6H12NNaO2. The first-order chi connectivity index (χ1) is 4.31.